The van der Waals surface area contributed by atoms with Crippen LogP contribution in [0, 0.1) is 5.82 Å². The fraction of sp³-hybridized carbons (Fsp3) is 0.200. The average molecular weight is 387 g/mol. The first-order valence-corrected chi connectivity index (χ1v) is 9.94. The first-order valence-electron chi connectivity index (χ1n) is 9.94. The van der Waals surface area contributed by atoms with Crippen molar-refractivity contribution in [2.75, 3.05) is 0 Å². The minimum absolute atomic E-state index is 0.242. The van der Waals surface area contributed by atoms with E-state index in [0.29, 0.717) is 6.61 Å². The topological polar surface area (TPSA) is 34.4 Å². The average Bonchev–Trinajstić information content (AvgIpc) is 3.11. The summed E-state index contributed by atoms with van der Waals surface area (Å²) in [6.45, 7) is 0.499. The van der Waals surface area contributed by atoms with E-state index in [2.05, 4.69) is 16.7 Å². The molecule has 1 heterocycles. The monoisotopic (exact) mass is 387 g/mol. The smallest absolute Gasteiger partial charge is 0.129 e. The van der Waals surface area contributed by atoms with Crippen LogP contribution in [-0.4, -0.2) is 15.8 Å². The van der Waals surface area contributed by atoms with E-state index in [1.165, 1.54) is 12.1 Å². The lowest BCUT2D eigenvalue weighted by molar-refractivity contribution is 0.0728. The van der Waals surface area contributed by atoms with Gasteiger partial charge in [0.1, 0.15) is 18.2 Å². The molecule has 4 heteroatoms. The summed E-state index contributed by atoms with van der Waals surface area (Å²) in [5, 5.41) is 10.9. The van der Waals surface area contributed by atoms with Crippen LogP contribution in [0.3, 0.4) is 0 Å². The zero-order chi connectivity index (χ0) is 19.8. The summed E-state index contributed by atoms with van der Waals surface area (Å²) in [7, 11) is 0. The molecule has 146 valence electrons. The molecule has 1 aromatic heterocycles. The molecule has 4 aromatic rings. The normalized spacial score (nSPS) is 18.6. The lowest BCUT2D eigenvalue weighted by atomic mass is 9.80. The number of aliphatic hydroxyl groups excluding tert-OH is 1. The van der Waals surface area contributed by atoms with E-state index in [1.807, 2.05) is 42.5 Å². The second kappa shape index (κ2) is 7.37. The van der Waals surface area contributed by atoms with Crippen LogP contribution in [0.5, 0.6) is 5.75 Å². The Morgan fingerprint density at radius 1 is 0.931 bits per heavy atom. The molecule has 0 amide bonds. The highest BCUT2D eigenvalue weighted by molar-refractivity contribution is 5.89. The Labute approximate surface area is 169 Å². The lowest BCUT2D eigenvalue weighted by Gasteiger charge is -2.32. The minimum Gasteiger partial charge on any atom is -0.488 e. The van der Waals surface area contributed by atoms with Gasteiger partial charge >= 0.3 is 0 Å². The molecule has 1 aliphatic carbocycles. The summed E-state index contributed by atoms with van der Waals surface area (Å²) in [6, 6.07) is 24.9. The number of fused-ring (bicyclic) bond motifs is 1. The van der Waals surface area contributed by atoms with Crippen LogP contribution < -0.4 is 4.74 Å². The van der Waals surface area contributed by atoms with Gasteiger partial charge in [-0.25, -0.2) is 4.39 Å². The molecule has 3 nitrogen and oxygen atoms in total. The number of ether oxygens (including phenoxy) is 1. The van der Waals surface area contributed by atoms with Crippen molar-refractivity contribution in [1.82, 2.24) is 4.57 Å². The molecule has 0 saturated heterocycles. The summed E-state index contributed by atoms with van der Waals surface area (Å²) in [5.74, 6) is 0.857. The second-order valence-corrected chi connectivity index (χ2v) is 7.67. The maximum atomic E-state index is 13.5. The van der Waals surface area contributed by atoms with Gasteiger partial charge in [-0.3, -0.25) is 0 Å². The second-order valence-electron chi connectivity index (χ2n) is 7.67. The molecule has 0 spiro atoms. The molecule has 0 unspecified atom stereocenters. The number of aromatic nitrogens is 1. The van der Waals surface area contributed by atoms with Crippen molar-refractivity contribution in [3.05, 3.63) is 95.9 Å². The fourth-order valence-electron chi connectivity index (χ4n) is 4.09. The summed E-state index contributed by atoms with van der Waals surface area (Å²) in [5.41, 5.74) is 4.19. The van der Waals surface area contributed by atoms with Gasteiger partial charge in [0.05, 0.1) is 11.6 Å². The van der Waals surface area contributed by atoms with E-state index >= 15 is 0 Å². The Kier molecular flexibility index (Phi) is 4.57. The highest BCUT2D eigenvalue weighted by Crippen LogP contribution is 2.42. The van der Waals surface area contributed by atoms with Gasteiger partial charge in [-0.05, 0) is 60.9 Å². The van der Waals surface area contributed by atoms with Crippen molar-refractivity contribution >= 4 is 10.9 Å². The molecular formula is C25H22FNO2. The molecule has 0 atom stereocenters. The van der Waals surface area contributed by atoms with Gasteiger partial charge in [-0.2, -0.15) is 0 Å². The molecule has 1 saturated carbocycles. The Morgan fingerprint density at radius 2 is 1.69 bits per heavy atom. The van der Waals surface area contributed by atoms with E-state index in [1.54, 1.807) is 12.1 Å². The highest BCUT2D eigenvalue weighted by atomic mass is 19.1. The van der Waals surface area contributed by atoms with Gasteiger partial charge in [0.25, 0.3) is 0 Å². The van der Waals surface area contributed by atoms with Crippen LogP contribution in [-0.2, 0) is 6.61 Å². The molecule has 0 aliphatic heterocycles. The van der Waals surface area contributed by atoms with Crippen LogP contribution in [0.1, 0.15) is 30.0 Å². The van der Waals surface area contributed by atoms with Crippen molar-refractivity contribution in [1.29, 1.82) is 0 Å². The molecular weight excluding hydrogens is 365 g/mol. The molecule has 29 heavy (non-hydrogen) atoms. The van der Waals surface area contributed by atoms with E-state index in [4.69, 9.17) is 4.74 Å². The third-order valence-corrected chi connectivity index (χ3v) is 5.69. The summed E-state index contributed by atoms with van der Waals surface area (Å²) in [4.78, 5) is 0. The molecule has 3 aromatic carbocycles. The first kappa shape index (κ1) is 18.0. The molecule has 1 fully saturated rings. The zero-order valence-electron chi connectivity index (χ0n) is 16.0. The number of aliphatic hydroxyl groups is 1. The van der Waals surface area contributed by atoms with Gasteiger partial charge < -0.3 is 14.4 Å². The number of hydrogen-bond donors (Lipinski definition) is 1. The molecule has 0 radical (unpaired) electrons. The van der Waals surface area contributed by atoms with Crippen LogP contribution >= 0.6 is 0 Å². The molecule has 5 rings (SSSR count). The Balaban J connectivity index is 1.58. The van der Waals surface area contributed by atoms with Crippen molar-refractivity contribution < 1.29 is 14.2 Å². The van der Waals surface area contributed by atoms with Gasteiger partial charge in [0.2, 0.25) is 0 Å². The quantitative estimate of drug-likeness (QED) is 0.485. The Hall–Kier alpha value is -3.11. The predicted octanol–water partition coefficient (Wildman–Crippen LogP) is 5.59. The fourth-order valence-corrected chi connectivity index (χ4v) is 4.09. The number of rotatable bonds is 5. The van der Waals surface area contributed by atoms with E-state index in [-0.39, 0.29) is 17.8 Å². The Morgan fingerprint density at radius 3 is 2.41 bits per heavy atom. The number of benzene rings is 3. The summed E-state index contributed by atoms with van der Waals surface area (Å²) >= 11 is 0. The van der Waals surface area contributed by atoms with Crippen molar-refractivity contribution in [2.45, 2.75) is 31.5 Å². The third-order valence-electron chi connectivity index (χ3n) is 5.69. The lowest BCUT2D eigenvalue weighted by Crippen LogP contribution is -2.27. The van der Waals surface area contributed by atoms with Crippen molar-refractivity contribution in [3.63, 3.8) is 0 Å². The molecule has 1 aliphatic rings. The van der Waals surface area contributed by atoms with Gasteiger partial charge in [-0.15, -0.1) is 0 Å². The third kappa shape index (κ3) is 3.40. The maximum Gasteiger partial charge on any atom is 0.129 e. The Bertz CT molecular complexity index is 1130. The number of nitrogens with zero attached hydrogens (tertiary/aromatic N) is 1. The number of hydrogen-bond acceptors (Lipinski definition) is 2. The number of halogens is 1. The molecule has 1 N–H and O–H groups in total. The minimum atomic E-state index is -0.252. The molecule has 0 bridgehead atoms. The highest BCUT2D eigenvalue weighted by Gasteiger charge is 2.32. The zero-order valence-corrected chi connectivity index (χ0v) is 16.0. The van der Waals surface area contributed by atoms with Crippen LogP contribution in [0.2, 0.25) is 0 Å². The van der Waals surface area contributed by atoms with E-state index in [9.17, 15) is 9.50 Å². The summed E-state index contributed by atoms with van der Waals surface area (Å²) in [6.07, 6.45) is 1.25. The maximum absolute atomic E-state index is 13.5. The van der Waals surface area contributed by atoms with Crippen molar-refractivity contribution in [3.8, 4) is 11.4 Å². The summed E-state index contributed by atoms with van der Waals surface area (Å²) < 4.78 is 21.8. The van der Waals surface area contributed by atoms with Crippen LogP contribution in [0.15, 0.2) is 78.9 Å². The predicted molar refractivity (Wildman–Crippen MR) is 112 cm³/mol. The van der Waals surface area contributed by atoms with Crippen molar-refractivity contribution in [2.24, 2.45) is 0 Å². The van der Waals surface area contributed by atoms with Crippen LogP contribution in [0.25, 0.3) is 16.6 Å². The SMILES string of the molecule is OC1CC(c2cc3c(OCc4ccccc4)cccc3n2-c2ccc(F)cc2)C1. The van der Waals surface area contributed by atoms with Crippen LogP contribution in [0.4, 0.5) is 4.39 Å². The standard InChI is InChI=1S/C25H22FNO2/c26-19-9-11-20(12-10-19)27-23-7-4-8-25(29-16-17-5-2-1-3-6-17)22(23)15-24(27)18-13-21(28)14-18/h1-12,15,18,21,28H,13-14,16H2. The van der Waals surface area contributed by atoms with E-state index in [0.717, 1.165) is 46.4 Å². The van der Waals surface area contributed by atoms with Gasteiger partial charge in [0, 0.05) is 22.7 Å². The van der Waals surface area contributed by atoms with Gasteiger partial charge in [0.15, 0.2) is 0 Å². The first-order chi connectivity index (χ1) is 14.2. The van der Waals surface area contributed by atoms with E-state index < -0.39 is 0 Å². The van der Waals surface area contributed by atoms with Gasteiger partial charge in [-0.1, -0.05) is 36.4 Å². The largest absolute Gasteiger partial charge is 0.488 e.